The number of aromatic amines is 1. The molecule has 5 rings (SSSR count). The molecule has 1 amide bonds. The van der Waals surface area contributed by atoms with Crippen LogP contribution in [-0.4, -0.2) is 63.8 Å². The summed E-state index contributed by atoms with van der Waals surface area (Å²) in [5.41, 5.74) is 2.64. The minimum Gasteiger partial charge on any atom is -0.491 e. The Morgan fingerprint density at radius 3 is 2.45 bits per heavy atom. The van der Waals surface area contributed by atoms with Crippen molar-refractivity contribution in [3.05, 3.63) is 101 Å². The van der Waals surface area contributed by atoms with Crippen molar-refractivity contribution in [1.82, 2.24) is 25.5 Å². The number of amides is 1. The standard InChI is InChI=1S/C28H29ClN6O3/c29-22-12-10-21(11-13-22)26(20-6-2-1-3-7-20)38-23-14-16-35(17-15-23)18-19-37-25-9-5-4-8-24(25)27(36)30-28-31-33-34-32-28/h1-13,23,26H,14-19H2,(H2,30,31,32,33,34,36). The Balaban J connectivity index is 1.12. The molecule has 1 fully saturated rings. The van der Waals surface area contributed by atoms with E-state index in [0.717, 1.165) is 43.6 Å². The number of nitrogens with one attached hydrogen (secondary N) is 2. The van der Waals surface area contributed by atoms with E-state index in [-0.39, 0.29) is 24.1 Å². The molecule has 0 bridgehead atoms. The number of tetrazole rings is 1. The van der Waals surface area contributed by atoms with Gasteiger partial charge in [-0.05, 0) is 53.4 Å². The van der Waals surface area contributed by atoms with E-state index < -0.39 is 0 Å². The monoisotopic (exact) mass is 532 g/mol. The summed E-state index contributed by atoms with van der Waals surface area (Å²) < 4.78 is 12.6. The van der Waals surface area contributed by atoms with Crippen LogP contribution in [0.3, 0.4) is 0 Å². The summed E-state index contributed by atoms with van der Waals surface area (Å²) in [5.74, 6) is 0.273. The van der Waals surface area contributed by atoms with E-state index in [0.29, 0.717) is 22.9 Å². The summed E-state index contributed by atoms with van der Waals surface area (Å²) >= 11 is 6.12. The lowest BCUT2D eigenvalue weighted by atomic mass is 10.00. The molecule has 196 valence electrons. The van der Waals surface area contributed by atoms with Crippen LogP contribution in [0.5, 0.6) is 5.75 Å². The van der Waals surface area contributed by atoms with Crippen molar-refractivity contribution in [2.75, 3.05) is 31.6 Å². The van der Waals surface area contributed by atoms with Gasteiger partial charge < -0.3 is 9.47 Å². The number of ether oxygens (including phenoxy) is 2. The van der Waals surface area contributed by atoms with E-state index in [1.165, 1.54) is 0 Å². The van der Waals surface area contributed by atoms with Crippen LogP contribution in [0, 0.1) is 0 Å². The summed E-state index contributed by atoms with van der Waals surface area (Å²) in [5, 5.41) is 16.6. The summed E-state index contributed by atoms with van der Waals surface area (Å²) in [6.45, 7) is 3.05. The van der Waals surface area contributed by atoms with Crippen molar-refractivity contribution in [2.24, 2.45) is 0 Å². The second-order valence-electron chi connectivity index (χ2n) is 9.05. The number of nitrogens with zero attached hydrogens (tertiary/aromatic N) is 4. The number of carbonyl (C=O) groups is 1. The van der Waals surface area contributed by atoms with Crippen molar-refractivity contribution in [3.8, 4) is 5.75 Å². The fourth-order valence-electron chi connectivity index (χ4n) is 4.52. The first kappa shape index (κ1) is 25.8. The molecule has 10 heteroatoms. The molecule has 1 aliphatic heterocycles. The molecular formula is C28H29ClN6O3. The van der Waals surface area contributed by atoms with Gasteiger partial charge in [0, 0.05) is 24.7 Å². The van der Waals surface area contributed by atoms with Crippen LogP contribution in [0.4, 0.5) is 5.95 Å². The van der Waals surface area contributed by atoms with Crippen molar-refractivity contribution >= 4 is 23.5 Å². The quantitative estimate of drug-likeness (QED) is 0.303. The molecule has 0 radical (unpaired) electrons. The Bertz CT molecular complexity index is 1300. The van der Waals surface area contributed by atoms with Gasteiger partial charge >= 0.3 is 0 Å². The maximum atomic E-state index is 12.6. The predicted octanol–water partition coefficient (Wildman–Crippen LogP) is 4.75. The van der Waals surface area contributed by atoms with Crippen molar-refractivity contribution < 1.29 is 14.3 Å². The normalized spacial score (nSPS) is 15.2. The van der Waals surface area contributed by atoms with Gasteiger partial charge in [0.15, 0.2) is 0 Å². The zero-order chi connectivity index (χ0) is 26.2. The highest BCUT2D eigenvalue weighted by Gasteiger charge is 2.25. The number of hydrogen-bond acceptors (Lipinski definition) is 7. The van der Waals surface area contributed by atoms with Crippen LogP contribution in [0.1, 0.15) is 40.4 Å². The van der Waals surface area contributed by atoms with Gasteiger partial charge in [0.25, 0.3) is 11.9 Å². The summed E-state index contributed by atoms with van der Waals surface area (Å²) in [7, 11) is 0. The highest BCUT2D eigenvalue weighted by molar-refractivity contribution is 6.30. The number of rotatable bonds is 10. The first-order chi connectivity index (χ1) is 18.7. The third-order valence-corrected chi connectivity index (χ3v) is 6.76. The summed E-state index contributed by atoms with van der Waals surface area (Å²) in [6.07, 6.45) is 1.88. The lowest BCUT2D eigenvalue weighted by Gasteiger charge is -2.34. The van der Waals surface area contributed by atoms with E-state index in [9.17, 15) is 4.79 Å². The first-order valence-electron chi connectivity index (χ1n) is 12.6. The number of piperidine rings is 1. The van der Waals surface area contributed by atoms with Gasteiger partial charge in [-0.15, -0.1) is 5.10 Å². The number of halogens is 1. The van der Waals surface area contributed by atoms with Gasteiger partial charge in [0.05, 0.1) is 11.7 Å². The van der Waals surface area contributed by atoms with Crippen LogP contribution in [-0.2, 0) is 4.74 Å². The second kappa shape index (κ2) is 12.6. The highest BCUT2D eigenvalue weighted by Crippen LogP contribution is 2.31. The van der Waals surface area contributed by atoms with Gasteiger partial charge in [0.2, 0.25) is 0 Å². The molecule has 1 atom stereocenters. The molecule has 1 aromatic heterocycles. The average Bonchev–Trinajstić information content (AvgIpc) is 3.47. The van der Waals surface area contributed by atoms with Crippen molar-refractivity contribution in [1.29, 1.82) is 0 Å². The molecule has 0 spiro atoms. The highest BCUT2D eigenvalue weighted by atomic mass is 35.5. The third kappa shape index (κ3) is 6.74. The lowest BCUT2D eigenvalue weighted by molar-refractivity contribution is -0.0282. The zero-order valence-electron chi connectivity index (χ0n) is 20.8. The van der Waals surface area contributed by atoms with Gasteiger partial charge in [-0.25, -0.2) is 0 Å². The molecular weight excluding hydrogens is 504 g/mol. The first-order valence-corrected chi connectivity index (χ1v) is 13.0. The fourth-order valence-corrected chi connectivity index (χ4v) is 4.65. The van der Waals surface area contributed by atoms with E-state index >= 15 is 0 Å². The van der Waals surface area contributed by atoms with Crippen LogP contribution in [0.15, 0.2) is 78.9 Å². The van der Waals surface area contributed by atoms with E-state index in [1.807, 2.05) is 48.5 Å². The molecule has 2 N–H and O–H groups in total. The minimum absolute atomic E-state index is 0.112. The molecule has 38 heavy (non-hydrogen) atoms. The van der Waals surface area contributed by atoms with Crippen molar-refractivity contribution in [3.63, 3.8) is 0 Å². The number of carbonyl (C=O) groups excluding carboxylic acids is 1. The molecule has 2 heterocycles. The number of para-hydroxylation sites is 1. The van der Waals surface area contributed by atoms with Gasteiger partial charge in [-0.3, -0.25) is 15.0 Å². The second-order valence-corrected chi connectivity index (χ2v) is 9.49. The Labute approximate surface area is 226 Å². The number of aromatic nitrogens is 4. The topological polar surface area (TPSA) is 105 Å². The summed E-state index contributed by atoms with van der Waals surface area (Å²) in [4.78, 5) is 15.0. The molecule has 1 saturated heterocycles. The summed E-state index contributed by atoms with van der Waals surface area (Å²) in [6, 6.07) is 25.3. The zero-order valence-corrected chi connectivity index (χ0v) is 21.6. The van der Waals surface area contributed by atoms with Gasteiger partial charge in [-0.1, -0.05) is 71.3 Å². The third-order valence-electron chi connectivity index (χ3n) is 6.51. The SMILES string of the molecule is O=C(Nc1nn[nH]n1)c1ccccc1OCCN1CCC(OC(c2ccccc2)c2ccc(Cl)cc2)CC1. The molecule has 0 aliphatic carbocycles. The van der Waals surface area contributed by atoms with E-state index in [2.05, 4.69) is 43.0 Å². The van der Waals surface area contributed by atoms with Crippen molar-refractivity contribution in [2.45, 2.75) is 25.0 Å². The molecule has 0 saturated carbocycles. The fraction of sp³-hybridized carbons (Fsp3) is 0.286. The van der Waals surface area contributed by atoms with E-state index in [4.69, 9.17) is 21.1 Å². The van der Waals surface area contributed by atoms with Gasteiger partial charge in [0.1, 0.15) is 18.5 Å². The molecule has 3 aromatic carbocycles. The maximum Gasteiger partial charge on any atom is 0.270 e. The minimum atomic E-state index is -0.353. The number of benzene rings is 3. The Morgan fingerprint density at radius 1 is 1.00 bits per heavy atom. The predicted molar refractivity (Wildman–Crippen MR) is 144 cm³/mol. The van der Waals surface area contributed by atoms with Crippen LogP contribution >= 0.6 is 11.6 Å². The van der Waals surface area contributed by atoms with Gasteiger partial charge in [-0.2, -0.15) is 5.21 Å². The lowest BCUT2D eigenvalue weighted by Crippen LogP contribution is -2.39. The Kier molecular flexibility index (Phi) is 8.60. The van der Waals surface area contributed by atoms with Crippen LogP contribution in [0.2, 0.25) is 5.02 Å². The largest absolute Gasteiger partial charge is 0.491 e. The smallest absolute Gasteiger partial charge is 0.270 e. The van der Waals surface area contributed by atoms with Crippen LogP contribution in [0.25, 0.3) is 0 Å². The number of anilines is 1. The van der Waals surface area contributed by atoms with Crippen LogP contribution < -0.4 is 10.1 Å². The number of hydrogen-bond donors (Lipinski definition) is 2. The molecule has 1 unspecified atom stereocenters. The Hall–Kier alpha value is -3.79. The average molecular weight is 533 g/mol. The molecule has 9 nitrogen and oxygen atoms in total. The molecule has 4 aromatic rings. The maximum absolute atomic E-state index is 12.6. The number of H-pyrrole nitrogens is 1. The van der Waals surface area contributed by atoms with E-state index in [1.54, 1.807) is 18.2 Å². The molecule has 1 aliphatic rings. The number of likely N-dealkylation sites (tertiary alicyclic amines) is 1. The Morgan fingerprint density at radius 2 is 1.71 bits per heavy atom.